The molecule has 0 aliphatic rings. The highest BCUT2D eigenvalue weighted by molar-refractivity contribution is 6.26. The number of ketones is 1. The molecular weight excluding hydrogens is 601 g/mol. The van der Waals surface area contributed by atoms with Crippen molar-refractivity contribution in [3.8, 4) is 22.6 Å². The van der Waals surface area contributed by atoms with Crippen LogP contribution in [0.5, 0.6) is 11.5 Å². The molecule has 0 aromatic heterocycles. The normalized spacial score (nSPS) is 11.7. The molecule has 0 aliphatic carbocycles. The minimum atomic E-state index is 0.131. The summed E-state index contributed by atoms with van der Waals surface area (Å²) in [7, 11) is 0. The molecule has 0 saturated heterocycles. The van der Waals surface area contributed by atoms with E-state index in [0.29, 0.717) is 17.4 Å². The summed E-state index contributed by atoms with van der Waals surface area (Å²) in [5.41, 5.74) is 2.66. The number of unbranched alkanes of at least 4 members (excludes halogenated alkanes) is 14. The molecule has 6 aromatic rings. The summed E-state index contributed by atoms with van der Waals surface area (Å²) in [6.07, 6.45) is 20.1. The molecule has 6 rings (SSSR count). The number of hydrogen-bond acceptors (Lipinski definition) is 3. The number of carbonyl (C=O) groups is 1. The first-order valence-corrected chi connectivity index (χ1v) is 18.9. The van der Waals surface area contributed by atoms with E-state index < -0.39 is 0 Å². The lowest BCUT2D eigenvalue weighted by Crippen LogP contribution is -1.99. The molecular formula is C46H52O3. The van der Waals surface area contributed by atoms with E-state index in [1.54, 1.807) is 0 Å². The predicted octanol–water partition coefficient (Wildman–Crippen LogP) is 13.8. The maximum absolute atomic E-state index is 13.4. The van der Waals surface area contributed by atoms with Gasteiger partial charge in [0.05, 0.1) is 0 Å². The van der Waals surface area contributed by atoms with Crippen LogP contribution in [0.1, 0.15) is 120 Å². The van der Waals surface area contributed by atoms with Crippen LogP contribution in [-0.2, 0) is 0 Å². The van der Waals surface area contributed by atoms with Crippen LogP contribution in [-0.4, -0.2) is 16.0 Å². The highest BCUT2D eigenvalue weighted by Gasteiger charge is 2.21. The van der Waals surface area contributed by atoms with Crippen molar-refractivity contribution in [3.05, 3.63) is 96.6 Å². The Bertz CT molecular complexity index is 1980. The Morgan fingerprint density at radius 3 is 1.20 bits per heavy atom. The molecule has 0 amide bonds. The minimum Gasteiger partial charge on any atom is -0.507 e. The summed E-state index contributed by atoms with van der Waals surface area (Å²) >= 11 is 0. The fraction of sp³-hybridized carbons (Fsp3) is 0.370. The Hall–Kier alpha value is -4.37. The van der Waals surface area contributed by atoms with Crippen LogP contribution < -0.4 is 0 Å². The zero-order valence-corrected chi connectivity index (χ0v) is 29.3. The van der Waals surface area contributed by atoms with E-state index >= 15 is 0 Å². The lowest BCUT2D eigenvalue weighted by molar-refractivity contribution is 0.0979. The van der Waals surface area contributed by atoms with Crippen molar-refractivity contribution < 1.29 is 15.0 Å². The molecule has 2 N–H and O–H groups in total. The van der Waals surface area contributed by atoms with E-state index in [-0.39, 0.29) is 17.3 Å². The Kier molecular flexibility index (Phi) is 11.8. The van der Waals surface area contributed by atoms with Crippen LogP contribution >= 0.6 is 0 Å². The van der Waals surface area contributed by atoms with Gasteiger partial charge in [0.15, 0.2) is 5.78 Å². The quantitative estimate of drug-likeness (QED) is 0.0552. The van der Waals surface area contributed by atoms with Crippen molar-refractivity contribution in [2.75, 3.05) is 0 Å². The lowest BCUT2D eigenvalue weighted by atomic mass is 9.85. The van der Waals surface area contributed by atoms with Crippen molar-refractivity contribution in [2.24, 2.45) is 0 Å². The molecule has 0 bridgehead atoms. The lowest BCUT2D eigenvalue weighted by Gasteiger charge is -2.19. The molecule has 0 spiro atoms. The monoisotopic (exact) mass is 652 g/mol. The van der Waals surface area contributed by atoms with Crippen LogP contribution in [0, 0.1) is 0 Å². The van der Waals surface area contributed by atoms with Gasteiger partial charge in [-0.2, -0.15) is 0 Å². The zero-order valence-electron chi connectivity index (χ0n) is 29.3. The van der Waals surface area contributed by atoms with E-state index in [2.05, 4.69) is 25.1 Å². The molecule has 0 aliphatic heterocycles. The van der Waals surface area contributed by atoms with E-state index in [1.165, 1.54) is 83.5 Å². The third-order valence-corrected chi connectivity index (χ3v) is 10.5. The number of benzene rings is 6. The van der Waals surface area contributed by atoms with Gasteiger partial charge in [-0.1, -0.05) is 182 Å². The first kappa shape index (κ1) is 34.5. The first-order valence-electron chi connectivity index (χ1n) is 18.9. The third kappa shape index (κ3) is 7.77. The molecule has 0 atom stereocenters. The van der Waals surface area contributed by atoms with Crippen LogP contribution in [0.3, 0.4) is 0 Å². The summed E-state index contributed by atoms with van der Waals surface area (Å²) < 4.78 is 0. The highest BCUT2D eigenvalue weighted by atomic mass is 16.3. The Balaban J connectivity index is 1.15. The van der Waals surface area contributed by atoms with Gasteiger partial charge >= 0.3 is 0 Å². The van der Waals surface area contributed by atoms with Crippen LogP contribution in [0.25, 0.3) is 54.2 Å². The van der Waals surface area contributed by atoms with Crippen LogP contribution in [0.4, 0.5) is 0 Å². The Labute approximate surface area is 292 Å². The van der Waals surface area contributed by atoms with Crippen molar-refractivity contribution >= 4 is 48.9 Å². The van der Waals surface area contributed by atoms with E-state index in [9.17, 15) is 15.0 Å². The van der Waals surface area contributed by atoms with Gasteiger partial charge in [-0.05, 0) is 45.2 Å². The average molecular weight is 653 g/mol. The van der Waals surface area contributed by atoms with Crippen LogP contribution in [0.15, 0.2) is 91.0 Å². The SMILES string of the molecule is CCCCCCCCCCCCCCCCCC(=O)c1ccc2c(-c3c4ccccc4c(O)c4ccccc34)c3ccccc3c(O)c2c1. The number of carbonyl (C=O) groups excluding carboxylic acids is 1. The maximum atomic E-state index is 13.4. The van der Waals surface area contributed by atoms with Crippen molar-refractivity contribution in [1.82, 2.24) is 0 Å². The summed E-state index contributed by atoms with van der Waals surface area (Å²) in [5, 5.41) is 29.6. The number of fused-ring (bicyclic) bond motifs is 4. The summed E-state index contributed by atoms with van der Waals surface area (Å²) in [6.45, 7) is 2.28. The average Bonchev–Trinajstić information content (AvgIpc) is 3.14. The van der Waals surface area contributed by atoms with E-state index in [0.717, 1.165) is 61.7 Å². The molecule has 0 radical (unpaired) electrons. The van der Waals surface area contributed by atoms with Gasteiger partial charge in [-0.3, -0.25) is 4.79 Å². The first-order chi connectivity index (χ1) is 24.1. The molecule has 0 fully saturated rings. The van der Waals surface area contributed by atoms with Crippen molar-refractivity contribution in [3.63, 3.8) is 0 Å². The molecule has 0 saturated carbocycles. The topological polar surface area (TPSA) is 57.5 Å². The summed E-state index contributed by atoms with van der Waals surface area (Å²) in [4.78, 5) is 13.4. The highest BCUT2D eigenvalue weighted by Crippen LogP contribution is 2.49. The van der Waals surface area contributed by atoms with Crippen molar-refractivity contribution in [1.29, 1.82) is 0 Å². The molecule has 6 aromatic carbocycles. The number of Topliss-reactive ketones (excluding diaryl/α,β-unsaturated/α-hetero) is 1. The van der Waals surface area contributed by atoms with E-state index in [4.69, 9.17) is 0 Å². The fourth-order valence-electron chi connectivity index (χ4n) is 7.77. The smallest absolute Gasteiger partial charge is 0.162 e. The molecule has 3 nitrogen and oxygen atoms in total. The summed E-state index contributed by atoms with van der Waals surface area (Å²) in [5.74, 6) is 0.601. The molecule has 3 heteroatoms. The van der Waals surface area contributed by atoms with Crippen molar-refractivity contribution in [2.45, 2.75) is 110 Å². The van der Waals surface area contributed by atoms with Gasteiger partial charge in [-0.25, -0.2) is 0 Å². The molecule has 49 heavy (non-hydrogen) atoms. The zero-order chi connectivity index (χ0) is 34.0. The molecule has 0 heterocycles. The van der Waals surface area contributed by atoms with Crippen LogP contribution in [0.2, 0.25) is 0 Å². The van der Waals surface area contributed by atoms with Gasteiger partial charge in [0.25, 0.3) is 0 Å². The number of phenols is 2. The second kappa shape index (κ2) is 16.8. The largest absolute Gasteiger partial charge is 0.507 e. The van der Waals surface area contributed by atoms with Gasteiger partial charge < -0.3 is 10.2 Å². The standard InChI is InChI=1S/C46H52O3/c1-2-3-4-5-6-7-8-9-10-11-12-13-14-15-16-29-42(47)33-30-31-37-41(32-33)46(49)40-28-22-19-25-36(40)44(37)43-34-23-17-20-26-38(34)45(48)39-27-21-18-24-35(39)43/h17-28,30-32,48-49H,2-16,29H2,1H3. The number of aromatic hydroxyl groups is 2. The fourth-order valence-corrected chi connectivity index (χ4v) is 7.77. The van der Waals surface area contributed by atoms with Gasteiger partial charge in [0, 0.05) is 33.5 Å². The Morgan fingerprint density at radius 1 is 0.429 bits per heavy atom. The number of phenolic OH excluding ortho intramolecular Hbond substituents is 2. The summed E-state index contributed by atoms with van der Waals surface area (Å²) in [6, 6.07) is 29.7. The van der Waals surface area contributed by atoms with Gasteiger partial charge in [0.1, 0.15) is 11.5 Å². The van der Waals surface area contributed by atoms with E-state index in [1.807, 2.05) is 72.8 Å². The Morgan fingerprint density at radius 2 is 0.776 bits per heavy atom. The second-order valence-corrected chi connectivity index (χ2v) is 14.0. The number of hydrogen-bond donors (Lipinski definition) is 2. The second-order valence-electron chi connectivity index (χ2n) is 14.0. The predicted molar refractivity (Wildman–Crippen MR) is 209 cm³/mol. The van der Waals surface area contributed by atoms with Gasteiger partial charge in [-0.15, -0.1) is 0 Å². The number of rotatable bonds is 18. The molecule has 254 valence electrons. The minimum absolute atomic E-state index is 0.131. The third-order valence-electron chi connectivity index (χ3n) is 10.5. The maximum Gasteiger partial charge on any atom is 0.162 e. The molecule has 0 unspecified atom stereocenters. The van der Waals surface area contributed by atoms with Gasteiger partial charge in [0.2, 0.25) is 0 Å².